The molecule has 1 aliphatic carbocycles. The summed E-state index contributed by atoms with van der Waals surface area (Å²) in [6.07, 6.45) is 6.67. The predicted molar refractivity (Wildman–Crippen MR) is 99.9 cm³/mol. The van der Waals surface area contributed by atoms with E-state index in [0.29, 0.717) is 25.1 Å². The number of hydrogen-bond donors (Lipinski definition) is 1. The van der Waals surface area contributed by atoms with Crippen LogP contribution in [-0.4, -0.2) is 26.1 Å². The van der Waals surface area contributed by atoms with Gasteiger partial charge in [0.2, 0.25) is 10.0 Å². The Labute approximate surface area is 153 Å². The van der Waals surface area contributed by atoms with E-state index in [0.717, 1.165) is 36.9 Å². The van der Waals surface area contributed by atoms with E-state index < -0.39 is 10.0 Å². The first kappa shape index (κ1) is 17.1. The molecule has 1 aromatic carbocycles. The standard InChI is InChI=1S/C19H22N2O4S/c22-19(18-7-4-12-25-18)21-11-10-14-8-9-15(13-17(14)21)20-26(23,24)16-5-2-1-3-6-16/h4,7-9,12-13,16,20H,1-3,5-6,10-11H2. The van der Waals surface area contributed by atoms with Crippen molar-refractivity contribution in [3.8, 4) is 0 Å². The number of nitrogens with zero attached hydrogens (tertiary/aromatic N) is 1. The number of amides is 1. The summed E-state index contributed by atoms with van der Waals surface area (Å²) in [5, 5.41) is -0.328. The van der Waals surface area contributed by atoms with Gasteiger partial charge in [-0.15, -0.1) is 0 Å². The number of anilines is 2. The number of nitrogens with one attached hydrogen (secondary N) is 1. The van der Waals surface area contributed by atoms with Crippen LogP contribution in [-0.2, 0) is 16.4 Å². The number of furan rings is 1. The molecule has 4 rings (SSSR count). The highest BCUT2D eigenvalue weighted by Gasteiger charge is 2.30. The Hall–Kier alpha value is -2.28. The molecule has 1 aliphatic heterocycles. The maximum Gasteiger partial charge on any atom is 0.293 e. The van der Waals surface area contributed by atoms with Gasteiger partial charge in [-0.2, -0.15) is 0 Å². The molecule has 7 heteroatoms. The van der Waals surface area contributed by atoms with Gasteiger partial charge in [-0.1, -0.05) is 25.3 Å². The average molecular weight is 374 g/mol. The van der Waals surface area contributed by atoms with E-state index in [1.54, 1.807) is 29.2 Å². The number of carbonyl (C=O) groups is 1. The number of sulfonamides is 1. The minimum absolute atomic E-state index is 0.207. The first-order valence-electron chi connectivity index (χ1n) is 9.04. The lowest BCUT2D eigenvalue weighted by Gasteiger charge is -2.23. The van der Waals surface area contributed by atoms with Crippen LogP contribution in [0.15, 0.2) is 41.0 Å². The minimum atomic E-state index is -3.41. The number of fused-ring (bicyclic) bond motifs is 1. The van der Waals surface area contributed by atoms with E-state index in [1.807, 2.05) is 6.07 Å². The first-order valence-corrected chi connectivity index (χ1v) is 10.6. The van der Waals surface area contributed by atoms with Crippen LogP contribution in [0.1, 0.15) is 48.2 Å². The van der Waals surface area contributed by atoms with E-state index >= 15 is 0 Å². The zero-order valence-corrected chi connectivity index (χ0v) is 15.3. The quantitative estimate of drug-likeness (QED) is 0.887. The van der Waals surface area contributed by atoms with E-state index in [9.17, 15) is 13.2 Å². The average Bonchev–Trinajstić information content (AvgIpc) is 3.31. The molecule has 1 N–H and O–H groups in total. The van der Waals surface area contributed by atoms with Gasteiger partial charge in [-0.05, 0) is 49.1 Å². The summed E-state index contributed by atoms with van der Waals surface area (Å²) >= 11 is 0. The van der Waals surface area contributed by atoms with Crippen molar-refractivity contribution in [2.24, 2.45) is 0 Å². The molecule has 6 nitrogen and oxygen atoms in total. The number of carbonyl (C=O) groups excluding carboxylic acids is 1. The molecule has 0 atom stereocenters. The van der Waals surface area contributed by atoms with Gasteiger partial charge in [0.25, 0.3) is 5.91 Å². The molecule has 1 saturated carbocycles. The molecule has 2 aromatic rings. The summed E-state index contributed by atoms with van der Waals surface area (Å²) < 4.78 is 33.2. The van der Waals surface area contributed by atoms with Gasteiger partial charge in [0.1, 0.15) is 0 Å². The van der Waals surface area contributed by atoms with Crippen molar-refractivity contribution in [3.63, 3.8) is 0 Å². The van der Waals surface area contributed by atoms with Crippen LogP contribution in [0.4, 0.5) is 11.4 Å². The Morgan fingerprint density at radius 2 is 1.96 bits per heavy atom. The third-order valence-electron chi connectivity index (χ3n) is 5.21. The van der Waals surface area contributed by atoms with Crippen LogP contribution < -0.4 is 9.62 Å². The Bertz CT molecular complexity index is 900. The van der Waals surface area contributed by atoms with Crippen molar-refractivity contribution < 1.29 is 17.6 Å². The van der Waals surface area contributed by atoms with Gasteiger partial charge in [0, 0.05) is 12.2 Å². The van der Waals surface area contributed by atoms with Crippen LogP contribution in [0.2, 0.25) is 0 Å². The highest BCUT2D eigenvalue weighted by atomic mass is 32.2. The molecule has 0 bridgehead atoms. The third-order valence-corrected chi connectivity index (χ3v) is 7.08. The molecule has 2 heterocycles. The third kappa shape index (κ3) is 3.23. The predicted octanol–water partition coefficient (Wildman–Crippen LogP) is 3.56. The summed E-state index contributed by atoms with van der Waals surface area (Å²) in [7, 11) is -3.41. The lowest BCUT2D eigenvalue weighted by molar-refractivity contribution is 0.0963. The van der Waals surface area contributed by atoms with Crippen molar-refractivity contribution in [1.29, 1.82) is 0 Å². The zero-order valence-electron chi connectivity index (χ0n) is 14.5. The molecule has 1 amide bonds. The van der Waals surface area contributed by atoms with Crippen molar-refractivity contribution in [1.82, 2.24) is 0 Å². The summed E-state index contributed by atoms with van der Waals surface area (Å²) in [5.74, 6) is 0.0760. The lowest BCUT2D eigenvalue weighted by Crippen LogP contribution is -2.30. The van der Waals surface area contributed by atoms with Crippen molar-refractivity contribution in [3.05, 3.63) is 47.9 Å². The lowest BCUT2D eigenvalue weighted by atomic mass is 10.0. The van der Waals surface area contributed by atoms with E-state index in [1.165, 1.54) is 6.26 Å². The molecule has 0 spiro atoms. The first-order chi connectivity index (χ1) is 12.5. The van der Waals surface area contributed by atoms with Gasteiger partial charge in [0.15, 0.2) is 5.76 Å². The highest BCUT2D eigenvalue weighted by molar-refractivity contribution is 7.93. The molecule has 0 unspecified atom stereocenters. The fourth-order valence-corrected chi connectivity index (χ4v) is 5.39. The number of hydrogen-bond acceptors (Lipinski definition) is 4. The van der Waals surface area contributed by atoms with Gasteiger partial charge < -0.3 is 9.32 Å². The molecule has 138 valence electrons. The highest BCUT2D eigenvalue weighted by Crippen LogP contribution is 2.33. The monoisotopic (exact) mass is 374 g/mol. The van der Waals surface area contributed by atoms with Crippen LogP contribution in [0, 0.1) is 0 Å². The largest absolute Gasteiger partial charge is 0.459 e. The minimum Gasteiger partial charge on any atom is -0.459 e. The van der Waals surface area contributed by atoms with Crippen molar-refractivity contribution in [2.45, 2.75) is 43.8 Å². The maximum absolute atomic E-state index is 12.7. The smallest absolute Gasteiger partial charge is 0.293 e. The molecule has 26 heavy (non-hydrogen) atoms. The second kappa shape index (κ2) is 6.79. The topological polar surface area (TPSA) is 79.6 Å². The second-order valence-corrected chi connectivity index (χ2v) is 8.90. The molecular formula is C19H22N2O4S. The van der Waals surface area contributed by atoms with Gasteiger partial charge in [0.05, 0.1) is 17.2 Å². The Kier molecular flexibility index (Phi) is 4.48. The van der Waals surface area contributed by atoms with Gasteiger partial charge in [-0.25, -0.2) is 8.42 Å². The van der Waals surface area contributed by atoms with E-state index in [-0.39, 0.29) is 16.9 Å². The summed E-state index contributed by atoms with van der Waals surface area (Å²) in [5.41, 5.74) is 2.29. The SMILES string of the molecule is O=C(c1ccco1)N1CCc2ccc(NS(=O)(=O)C3CCCCC3)cc21. The van der Waals surface area contributed by atoms with Crippen molar-refractivity contribution >= 4 is 27.3 Å². The summed E-state index contributed by atoms with van der Waals surface area (Å²) in [6.45, 7) is 0.563. The van der Waals surface area contributed by atoms with Crippen LogP contribution >= 0.6 is 0 Å². The normalized spacial score (nSPS) is 17.9. The zero-order chi connectivity index (χ0) is 18.1. The second-order valence-electron chi connectivity index (χ2n) is 6.93. The number of benzene rings is 1. The van der Waals surface area contributed by atoms with E-state index in [4.69, 9.17) is 4.42 Å². The van der Waals surface area contributed by atoms with Gasteiger partial charge in [-0.3, -0.25) is 9.52 Å². The van der Waals surface area contributed by atoms with Gasteiger partial charge >= 0.3 is 0 Å². The molecule has 0 radical (unpaired) electrons. The fraction of sp³-hybridized carbons (Fsp3) is 0.421. The van der Waals surface area contributed by atoms with Crippen LogP contribution in [0.5, 0.6) is 0 Å². The summed E-state index contributed by atoms with van der Waals surface area (Å²) in [4.78, 5) is 14.3. The summed E-state index contributed by atoms with van der Waals surface area (Å²) in [6, 6.07) is 8.74. The molecule has 2 aliphatic rings. The molecule has 1 aromatic heterocycles. The van der Waals surface area contributed by atoms with Crippen molar-refractivity contribution in [2.75, 3.05) is 16.2 Å². The van der Waals surface area contributed by atoms with Crippen LogP contribution in [0.25, 0.3) is 0 Å². The van der Waals surface area contributed by atoms with Crippen LogP contribution in [0.3, 0.4) is 0 Å². The molecule has 0 saturated heterocycles. The molecule has 1 fully saturated rings. The Morgan fingerprint density at radius 1 is 1.15 bits per heavy atom. The fourth-order valence-electron chi connectivity index (χ4n) is 3.81. The maximum atomic E-state index is 12.7. The molecular weight excluding hydrogens is 352 g/mol. The Balaban J connectivity index is 1.57. The van der Waals surface area contributed by atoms with E-state index in [2.05, 4.69) is 4.72 Å². The Morgan fingerprint density at radius 3 is 2.69 bits per heavy atom. The number of rotatable bonds is 4.